The topological polar surface area (TPSA) is 24.9 Å². The van der Waals surface area contributed by atoms with E-state index in [0.29, 0.717) is 6.04 Å². The van der Waals surface area contributed by atoms with Crippen molar-refractivity contribution < 1.29 is 0 Å². The maximum Gasteiger partial charge on any atom is 0.0704 e. The van der Waals surface area contributed by atoms with Gasteiger partial charge in [0, 0.05) is 23.4 Å². The smallest absolute Gasteiger partial charge is 0.0704 e. The van der Waals surface area contributed by atoms with Crippen LogP contribution in [0.4, 0.5) is 0 Å². The van der Waals surface area contributed by atoms with Crippen molar-refractivity contribution in [2.45, 2.75) is 19.4 Å². The molecule has 1 aromatic carbocycles. The summed E-state index contributed by atoms with van der Waals surface area (Å²) in [5.41, 5.74) is 2.48. The van der Waals surface area contributed by atoms with Crippen LogP contribution in [0.5, 0.6) is 0 Å². The lowest BCUT2D eigenvalue weighted by atomic mass is 10.0. The van der Waals surface area contributed by atoms with Gasteiger partial charge in [-0.1, -0.05) is 25.1 Å². The summed E-state index contributed by atoms with van der Waals surface area (Å²) in [5.74, 6) is 2.33. The van der Waals surface area contributed by atoms with Gasteiger partial charge >= 0.3 is 0 Å². The molecule has 1 aromatic heterocycles. The molecule has 0 amide bonds. The van der Waals surface area contributed by atoms with Crippen molar-refractivity contribution in [3.05, 3.63) is 42.1 Å². The molecule has 96 valence electrons. The lowest BCUT2D eigenvalue weighted by Gasteiger charge is -2.16. The van der Waals surface area contributed by atoms with Crippen LogP contribution in [0.1, 0.15) is 12.5 Å². The van der Waals surface area contributed by atoms with Crippen LogP contribution >= 0.6 is 11.8 Å². The van der Waals surface area contributed by atoms with E-state index >= 15 is 0 Å². The quantitative estimate of drug-likeness (QED) is 0.864. The summed E-state index contributed by atoms with van der Waals surface area (Å²) in [6.07, 6.45) is 2.98. The number of benzene rings is 1. The Morgan fingerprint density at radius 2 is 2.11 bits per heavy atom. The monoisotopic (exact) mass is 260 g/mol. The van der Waals surface area contributed by atoms with Crippen LogP contribution in [-0.2, 0) is 6.42 Å². The molecule has 1 heterocycles. The van der Waals surface area contributed by atoms with E-state index in [1.807, 2.05) is 31.1 Å². The van der Waals surface area contributed by atoms with E-state index in [4.69, 9.17) is 0 Å². The van der Waals surface area contributed by atoms with Crippen molar-refractivity contribution in [1.82, 2.24) is 10.3 Å². The minimum Gasteiger partial charge on any atom is -0.316 e. The number of pyridine rings is 1. The fourth-order valence-corrected chi connectivity index (χ4v) is 2.91. The lowest BCUT2D eigenvalue weighted by Crippen LogP contribution is -2.30. The second kappa shape index (κ2) is 6.76. The van der Waals surface area contributed by atoms with Gasteiger partial charge in [0.15, 0.2) is 0 Å². The predicted octanol–water partition coefficient (Wildman–Crippen LogP) is 3.12. The van der Waals surface area contributed by atoms with Gasteiger partial charge in [0.2, 0.25) is 0 Å². The number of hydrogen-bond donors (Lipinski definition) is 1. The van der Waals surface area contributed by atoms with Gasteiger partial charge in [0.05, 0.1) is 5.52 Å². The maximum atomic E-state index is 4.41. The first-order chi connectivity index (χ1) is 8.85. The van der Waals surface area contributed by atoms with Crippen molar-refractivity contribution in [2.75, 3.05) is 18.6 Å². The first kappa shape index (κ1) is 13.4. The molecule has 0 spiro atoms. The molecule has 0 saturated heterocycles. The summed E-state index contributed by atoms with van der Waals surface area (Å²) in [4.78, 5) is 4.41. The summed E-state index contributed by atoms with van der Waals surface area (Å²) in [7, 11) is 2.05. The molecule has 1 unspecified atom stereocenters. The van der Waals surface area contributed by atoms with Gasteiger partial charge in [-0.05, 0) is 36.9 Å². The Balaban J connectivity index is 2.19. The zero-order valence-electron chi connectivity index (χ0n) is 11.0. The van der Waals surface area contributed by atoms with Gasteiger partial charge in [-0.3, -0.25) is 4.98 Å². The number of likely N-dealkylation sites (N-methyl/N-ethyl adjacent to an activating group) is 1. The Morgan fingerprint density at radius 3 is 2.89 bits per heavy atom. The Morgan fingerprint density at radius 1 is 1.28 bits per heavy atom. The standard InChI is InChI=1S/C15H20N2S/c1-3-18-11-13(16-2)10-12-8-9-17-15-7-5-4-6-14(12)15/h4-9,13,16H,3,10-11H2,1-2H3. The average Bonchev–Trinajstić information content (AvgIpc) is 2.43. The van der Waals surface area contributed by atoms with Gasteiger partial charge in [-0.15, -0.1) is 0 Å². The van der Waals surface area contributed by atoms with Gasteiger partial charge in [-0.2, -0.15) is 11.8 Å². The molecule has 0 aliphatic heterocycles. The Hall–Kier alpha value is -1.06. The largest absolute Gasteiger partial charge is 0.316 e. The highest BCUT2D eigenvalue weighted by molar-refractivity contribution is 7.99. The molecule has 1 atom stereocenters. The van der Waals surface area contributed by atoms with E-state index in [0.717, 1.165) is 17.7 Å². The molecule has 0 aliphatic rings. The van der Waals surface area contributed by atoms with Crippen LogP contribution in [0.3, 0.4) is 0 Å². The molecule has 2 rings (SSSR count). The number of hydrogen-bond acceptors (Lipinski definition) is 3. The highest BCUT2D eigenvalue weighted by atomic mass is 32.2. The number of fused-ring (bicyclic) bond motifs is 1. The predicted molar refractivity (Wildman–Crippen MR) is 81.3 cm³/mol. The van der Waals surface area contributed by atoms with Crippen LogP contribution in [0.15, 0.2) is 36.5 Å². The Labute approximate surface area is 113 Å². The summed E-state index contributed by atoms with van der Waals surface area (Å²) >= 11 is 1.99. The second-order valence-electron chi connectivity index (χ2n) is 4.34. The molecule has 0 aliphatic carbocycles. The zero-order valence-corrected chi connectivity index (χ0v) is 11.8. The number of thioether (sulfide) groups is 1. The fraction of sp³-hybridized carbons (Fsp3) is 0.400. The van der Waals surface area contributed by atoms with Crippen molar-refractivity contribution in [1.29, 1.82) is 0 Å². The van der Waals surface area contributed by atoms with E-state index in [9.17, 15) is 0 Å². The van der Waals surface area contributed by atoms with E-state index in [-0.39, 0.29) is 0 Å². The van der Waals surface area contributed by atoms with E-state index in [2.05, 4.69) is 41.5 Å². The molecule has 0 saturated carbocycles. The molecular formula is C15H20N2S. The first-order valence-electron chi connectivity index (χ1n) is 6.42. The van der Waals surface area contributed by atoms with Crippen LogP contribution in [0.2, 0.25) is 0 Å². The number of aromatic nitrogens is 1. The molecule has 18 heavy (non-hydrogen) atoms. The minimum absolute atomic E-state index is 0.528. The highest BCUT2D eigenvalue weighted by Gasteiger charge is 2.09. The van der Waals surface area contributed by atoms with Crippen molar-refractivity contribution in [2.24, 2.45) is 0 Å². The molecule has 2 aromatic rings. The Bertz CT molecular complexity index is 493. The molecule has 1 N–H and O–H groups in total. The van der Waals surface area contributed by atoms with Crippen molar-refractivity contribution in [3.63, 3.8) is 0 Å². The maximum absolute atomic E-state index is 4.41. The zero-order chi connectivity index (χ0) is 12.8. The lowest BCUT2D eigenvalue weighted by molar-refractivity contribution is 0.619. The van der Waals surface area contributed by atoms with Crippen LogP contribution in [0.25, 0.3) is 10.9 Å². The molecule has 0 radical (unpaired) electrons. The molecule has 3 heteroatoms. The molecule has 0 fully saturated rings. The van der Waals surface area contributed by atoms with Gasteiger partial charge < -0.3 is 5.32 Å². The SMILES string of the molecule is CCSCC(Cc1ccnc2ccccc12)NC. The number of nitrogens with one attached hydrogen (secondary N) is 1. The number of nitrogens with zero attached hydrogens (tertiary/aromatic N) is 1. The van der Waals surface area contributed by atoms with E-state index in [1.54, 1.807) is 0 Å². The summed E-state index contributed by atoms with van der Waals surface area (Å²) in [6, 6.07) is 11.0. The van der Waals surface area contributed by atoms with E-state index < -0.39 is 0 Å². The summed E-state index contributed by atoms with van der Waals surface area (Å²) < 4.78 is 0. The highest BCUT2D eigenvalue weighted by Crippen LogP contribution is 2.18. The number of rotatable bonds is 6. The van der Waals surface area contributed by atoms with Crippen molar-refractivity contribution in [3.8, 4) is 0 Å². The molecule has 2 nitrogen and oxygen atoms in total. The first-order valence-corrected chi connectivity index (χ1v) is 7.58. The Kier molecular flexibility index (Phi) is 5.02. The fourth-order valence-electron chi connectivity index (χ4n) is 2.10. The summed E-state index contributed by atoms with van der Waals surface area (Å²) in [5, 5.41) is 4.69. The van der Waals surface area contributed by atoms with Crippen LogP contribution in [0, 0.1) is 0 Å². The average molecular weight is 260 g/mol. The van der Waals surface area contributed by atoms with E-state index in [1.165, 1.54) is 16.7 Å². The van der Waals surface area contributed by atoms with Crippen molar-refractivity contribution >= 4 is 22.7 Å². The minimum atomic E-state index is 0.528. The third-order valence-corrected chi connectivity index (χ3v) is 4.18. The third-order valence-electron chi connectivity index (χ3n) is 3.14. The molecule has 0 bridgehead atoms. The van der Waals surface area contributed by atoms with Crippen LogP contribution in [-0.4, -0.2) is 29.6 Å². The van der Waals surface area contributed by atoms with Gasteiger partial charge in [-0.25, -0.2) is 0 Å². The molecular weight excluding hydrogens is 240 g/mol. The summed E-state index contributed by atoms with van der Waals surface area (Å²) in [6.45, 7) is 2.21. The third kappa shape index (κ3) is 3.24. The van der Waals surface area contributed by atoms with Crippen LogP contribution < -0.4 is 5.32 Å². The number of para-hydroxylation sites is 1. The van der Waals surface area contributed by atoms with Gasteiger partial charge in [0.25, 0.3) is 0 Å². The second-order valence-corrected chi connectivity index (χ2v) is 5.66. The normalized spacial score (nSPS) is 12.8. The van der Waals surface area contributed by atoms with Gasteiger partial charge in [0.1, 0.15) is 0 Å².